The summed E-state index contributed by atoms with van der Waals surface area (Å²) in [6, 6.07) is 4.25. The number of carboxylic acids is 1. The van der Waals surface area contributed by atoms with Crippen molar-refractivity contribution in [1.82, 2.24) is 4.31 Å². The molecule has 0 aliphatic carbocycles. The van der Waals surface area contributed by atoms with Gasteiger partial charge in [0.15, 0.2) is 0 Å². The molecule has 0 atom stereocenters. The van der Waals surface area contributed by atoms with Crippen molar-refractivity contribution in [1.29, 1.82) is 0 Å². The molecule has 6 heteroatoms. The number of benzene rings is 1. The molecule has 0 spiro atoms. The minimum Gasteiger partial charge on any atom is -0.478 e. The molecule has 0 aromatic heterocycles. The van der Waals surface area contributed by atoms with Gasteiger partial charge in [-0.2, -0.15) is 0 Å². The Hall–Kier alpha value is -1.40. The highest BCUT2D eigenvalue weighted by Gasteiger charge is 2.27. The van der Waals surface area contributed by atoms with Gasteiger partial charge in [0.25, 0.3) is 0 Å². The molecule has 0 aliphatic rings. The van der Waals surface area contributed by atoms with Crippen molar-refractivity contribution < 1.29 is 18.3 Å². The summed E-state index contributed by atoms with van der Waals surface area (Å²) >= 11 is 0. The van der Waals surface area contributed by atoms with E-state index in [0.29, 0.717) is 18.5 Å². The normalized spacial score (nSPS) is 12.7. The van der Waals surface area contributed by atoms with Crippen molar-refractivity contribution >= 4 is 16.0 Å². The van der Waals surface area contributed by atoms with E-state index in [1.165, 1.54) is 23.5 Å². The van der Waals surface area contributed by atoms with E-state index in [1.54, 1.807) is 6.07 Å². The van der Waals surface area contributed by atoms with Crippen molar-refractivity contribution in [2.75, 3.05) is 13.6 Å². The number of nitrogens with zero attached hydrogens (tertiary/aromatic N) is 1. The second-order valence-corrected chi connectivity index (χ2v) is 8.32. The van der Waals surface area contributed by atoms with Crippen LogP contribution in [0.5, 0.6) is 0 Å². The molecule has 1 aromatic carbocycles. The standard InChI is InChI=1S/C15H23NO4S/c1-6-11-7-8-12(14(17)18)9-13(11)21(19,20)16(5)10-15(2,3)4/h7-9H,6,10H2,1-5H3,(H,17,18). The van der Waals surface area contributed by atoms with Crippen LogP contribution in [-0.2, 0) is 16.4 Å². The van der Waals surface area contributed by atoms with E-state index < -0.39 is 16.0 Å². The van der Waals surface area contributed by atoms with Crippen LogP contribution in [0.1, 0.15) is 43.6 Å². The highest BCUT2D eigenvalue weighted by molar-refractivity contribution is 7.89. The molecule has 0 radical (unpaired) electrons. The lowest BCUT2D eigenvalue weighted by molar-refractivity contribution is 0.0696. The monoisotopic (exact) mass is 313 g/mol. The molecule has 1 N–H and O–H groups in total. The Labute approximate surface area is 126 Å². The lowest BCUT2D eigenvalue weighted by atomic mass is 9.97. The first-order chi connectivity index (χ1) is 9.49. The highest BCUT2D eigenvalue weighted by Crippen LogP contribution is 2.25. The summed E-state index contributed by atoms with van der Waals surface area (Å²) in [6.45, 7) is 8.06. The molecule has 0 aliphatic heterocycles. The minimum atomic E-state index is -3.70. The van der Waals surface area contributed by atoms with Gasteiger partial charge in [-0.05, 0) is 29.5 Å². The van der Waals surface area contributed by atoms with Gasteiger partial charge in [0.2, 0.25) is 10.0 Å². The molecular weight excluding hydrogens is 290 g/mol. The van der Waals surface area contributed by atoms with Crippen molar-refractivity contribution in [3.05, 3.63) is 29.3 Å². The van der Waals surface area contributed by atoms with E-state index in [1.807, 2.05) is 27.7 Å². The Morgan fingerprint density at radius 2 is 1.86 bits per heavy atom. The van der Waals surface area contributed by atoms with Gasteiger partial charge < -0.3 is 5.11 Å². The van der Waals surface area contributed by atoms with Gasteiger partial charge in [0, 0.05) is 13.6 Å². The first-order valence-corrected chi connectivity index (χ1v) is 8.25. The molecule has 0 unspecified atom stereocenters. The number of sulfonamides is 1. The molecule has 0 bridgehead atoms. The fourth-order valence-electron chi connectivity index (χ4n) is 2.14. The highest BCUT2D eigenvalue weighted by atomic mass is 32.2. The van der Waals surface area contributed by atoms with Crippen molar-refractivity contribution in [3.8, 4) is 0 Å². The summed E-state index contributed by atoms with van der Waals surface area (Å²) < 4.78 is 26.7. The largest absolute Gasteiger partial charge is 0.478 e. The lowest BCUT2D eigenvalue weighted by Crippen LogP contribution is -2.35. The van der Waals surface area contributed by atoms with Gasteiger partial charge in [0.1, 0.15) is 0 Å². The first-order valence-electron chi connectivity index (χ1n) is 6.81. The summed E-state index contributed by atoms with van der Waals surface area (Å²) in [7, 11) is -2.18. The molecule has 21 heavy (non-hydrogen) atoms. The number of hydrogen-bond acceptors (Lipinski definition) is 3. The average Bonchev–Trinajstić information content (AvgIpc) is 2.35. The third-order valence-electron chi connectivity index (χ3n) is 3.08. The van der Waals surface area contributed by atoms with Crippen LogP contribution < -0.4 is 0 Å². The Morgan fingerprint density at radius 3 is 2.29 bits per heavy atom. The van der Waals surface area contributed by atoms with E-state index in [-0.39, 0.29) is 15.9 Å². The summed E-state index contributed by atoms with van der Waals surface area (Å²) in [5.41, 5.74) is 0.425. The van der Waals surface area contributed by atoms with Crippen LogP contribution in [-0.4, -0.2) is 37.4 Å². The quantitative estimate of drug-likeness (QED) is 0.906. The summed E-state index contributed by atoms with van der Waals surface area (Å²) in [5.74, 6) is -1.13. The molecule has 0 saturated heterocycles. The number of carbonyl (C=O) groups is 1. The summed E-state index contributed by atoms with van der Waals surface area (Å²) in [6.07, 6.45) is 0.526. The van der Waals surface area contributed by atoms with Crippen molar-refractivity contribution in [3.63, 3.8) is 0 Å². The maximum absolute atomic E-state index is 12.7. The fourth-order valence-corrected chi connectivity index (χ4v) is 3.85. The number of carboxylic acid groups (broad SMARTS) is 1. The SMILES string of the molecule is CCc1ccc(C(=O)O)cc1S(=O)(=O)N(C)CC(C)(C)C. The minimum absolute atomic E-state index is 0.0186. The zero-order chi connectivity index (χ0) is 16.4. The van der Waals surface area contributed by atoms with E-state index in [4.69, 9.17) is 5.11 Å². The molecule has 1 rings (SSSR count). The van der Waals surface area contributed by atoms with Gasteiger partial charge in [-0.25, -0.2) is 17.5 Å². The maximum Gasteiger partial charge on any atom is 0.335 e. The zero-order valence-electron chi connectivity index (χ0n) is 13.2. The molecule has 1 aromatic rings. The lowest BCUT2D eigenvalue weighted by Gasteiger charge is -2.26. The van der Waals surface area contributed by atoms with E-state index in [9.17, 15) is 13.2 Å². The third kappa shape index (κ3) is 4.28. The Morgan fingerprint density at radius 1 is 1.29 bits per heavy atom. The summed E-state index contributed by atoms with van der Waals surface area (Å²) in [4.78, 5) is 11.2. The van der Waals surface area contributed by atoms with Crippen LogP contribution in [0.3, 0.4) is 0 Å². The van der Waals surface area contributed by atoms with Crippen LogP contribution in [0, 0.1) is 5.41 Å². The number of aromatic carboxylic acids is 1. The summed E-state index contributed by atoms with van der Waals surface area (Å²) in [5, 5.41) is 9.06. The Balaban J connectivity index is 3.35. The predicted octanol–water partition coefficient (Wildman–Crippen LogP) is 2.61. The smallest absolute Gasteiger partial charge is 0.335 e. The van der Waals surface area contributed by atoms with Crippen LogP contribution >= 0.6 is 0 Å². The molecule has 118 valence electrons. The molecule has 0 fully saturated rings. The van der Waals surface area contributed by atoms with E-state index in [0.717, 1.165) is 0 Å². The first kappa shape index (κ1) is 17.7. The van der Waals surface area contributed by atoms with Gasteiger partial charge in [-0.3, -0.25) is 0 Å². The second-order valence-electron chi connectivity index (χ2n) is 6.30. The molecule has 5 nitrogen and oxygen atoms in total. The fraction of sp³-hybridized carbons (Fsp3) is 0.533. The zero-order valence-corrected chi connectivity index (χ0v) is 14.0. The number of hydrogen-bond donors (Lipinski definition) is 1. The Bertz CT molecular complexity index is 630. The van der Waals surface area contributed by atoms with E-state index in [2.05, 4.69) is 0 Å². The van der Waals surface area contributed by atoms with Crippen molar-refractivity contribution in [2.24, 2.45) is 5.41 Å². The van der Waals surface area contributed by atoms with E-state index >= 15 is 0 Å². The van der Waals surface area contributed by atoms with Crippen LogP contribution in [0.2, 0.25) is 0 Å². The topological polar surface area (TPSA) is 74.7 Å². The van der Waals surface area contributed by atoms with Crippen LogP contribution in [0.15, 0.2) is 23.1 Å². The molecular formula is C15H23NO4S. The predicted molar refractivity (Wildman–Crippen MR) is 82.1 cm³/mol. The van der Waals surface area contributed by atoms with Gasteiger partial charge >= 0.3 is 5.97 Å². The number of aryl methyl sites for hydroxylation is 1. The molecule has 0 heterocycles. The Kier molecular flexibility index (Phi) is 5.17. The second kappa shape index (κ2) is 6.15. The molecule has 0 amide bonds. The average molecular weight is 313 g/mol. The van der Waals surface area contributed by atoms with Gasteiger partial charge in [-0.15, -0.1) is 0 Å². The van der Waals surface area contributed by atoms with Crippen molar-refractivity contribution in [2.45, 2.75) is 39.0 Å². The van der Waals surface area contributed by atoms with Crippen LogP contribution in [0.25, 0.3) is 0 Å². The third-order valence-corrected chi connectivity index (χ3v) is 4.97. The van der Waals surface area contributed by atoms with Gasteiger partial charge in [-0.1, -0.05) is 33.8 Å². The van der Waals surface area contributed by atoms with Gasteiger partial charge in [0.05, 0.1) is 10.5 Å². The molecule has 0 saturated carbocycles. The van der Waals surface area contributed by atoms with Crippen LogP contribution in [0.4, 0.5) is 0 Å². The maximum atomic E-state index is 12.7. The number of rotatable bonds is 5.